The van der Waals surface area contributed by atoms with Crippen molar-refractivity contribution in [3.05, 3.63) is 20.8 Å². The summed E-state index contributed by atoms with van der Waals surface area (Å²) in [5.41, 5.74) is 0.268. The number of thiophene rings is 1. The molecule has 136 valence electrons. The van der Waals surface area contributed by atoms with Crippen molar-refractivity contribution in [1.29, 1.82) is 0 Å². The fourth-order valence-electron chi connectivity index (χ4n) is 2.95. The van der Waals surface area contributed by atoms with Crippen molar-refractivity contribution >= 4 is 57.2 Å². The average molecular weight is 529 g/mol. The maximum absolute atomic E-state index is 5.32. The predicted molar refractivity (Wildman–Crippen MR) is 115 cm³/mol. The summed E-state index contributed by atoms with van der Waals surface area (Å²) in [6, 6.07) is 4.34. The molecule has 2 aliphatic rings. The Morgan fingerprint density at radius 2 is 2.04 bits per heavy atom. The third-order valence-corrected chi connectivity index (χ3v) is 6.07. The van der Waals surface area contributed by atoms with Crippen molar-refractivity contribution in [2.24, 2.45) is 10.4 Å². The minimum atomic E-state index is 0. The van der Waals surface area contributed by atoms with Crippen LogP contribution >= 0.6 is 51.2 Å². The Morgan fingerprint density at radius 3 is 2.54 bits per heavy atom. The topological polar surface area (TPSA) is 40.1 Å². The smallest absolute Gasteiger partial charge is 0.193 e. The summed E-state index contributed by atoms with van der Waals surface area (Å²) in [4.78, 5) is 10.8. The molecule has 24 heavy (non-hydrogen) atoms. The van der Waals surface area contributed by atoms with E-state index < -0.39 is 0 Å². The molecule has 1 aromatic rings. The van der Waals surface area contributed by atoms with E-state index in [1.54, 1.807) is 0 Å². The molecular weight excluding hydrogens is 503 g/mol. The van der Waals surface area contributed by atoms with Gasteiger partial charge in [-0.2, -0.15) is 0 Å². The van der Waals surface area contributed by atoms with E-state index in [1.165, 1.54) is 8.66 Å². The summed E-state index contributed by atoms with van der Waals surface area (Å²) in [6.45, 7) is 10.1. The monoisotopic (exact) mass is 528 g/mol. The quantitative estimate of drug-likeness (QED) is 0.370. The molecular formula is C16H26BrIN4OS. The van der Waals surface area contributed by atoms with Gasteiger partial charge in [-0.05, 0) is 28.1 Å². The highest BCUT2D eigenvalue weighted by atomic mass is 127. The first kappa shape index (κ1) is 20.4. The van der Waals surface area contributed by atoms with Gasteiger partial charge in [0.15, 0.2) is 5.96 Å². The second kappa shape index (κ2) is 9.16. The Labute approximate surface area is 174 Å². The summed E-state index contributed by atoms with van der Waals surface area (Å²) < 4.78 is 6.53. The highest BCUT2D eigenvalue weighted by Gasteiger charge is 2.33. The first-order valence-electron chi connectivity index (χ1n) is 8.08. The van der Waals surface area contributed by atoms with Crippen molar-refractivity contribution in [3.63, 3.8) is 0 Å². The summed E-state index contributed by atoms with van der Waals surface area (Å²) in [7, 11) is 1.87. The van der Waals surface area contributed by atoms with Gasteiger partial charge in [-0.1, -0.05) is 6.92 Å². The van der Waals surface area contributed by atoms with Crippen LogP contribution in [0.5, 0.6) is 0 Å². The number of hydrogen-bond acceptors (Lipinski definition) is 4. The van der Waals surface area contributed by atoms with Crippen LogP contribution in [0.4, 0.5) is 0 Å². The van der Waals surface area contributed by atoms with Crippen LogP contribution in [0.3, 0.4) is 0 Å². The van der Waals surface area contributed by atoms with E-state index in [9.17, 15) is 0 Å². The summed E-state index contributed by atoms with van der Waals surface area (Å²) in [6.07, 6.45) is 0. The van der Waals surface area contributed by atoms with Gasteiger partial charge >= 0.3 is 0 Å². The summed E-state index contributed by atoms with van der Waals surface area (Å²) >= 11 is 5.36. The van der Waals surface area contributed by atoms with Crippen LogP contribution in [0.2, 0.25) is 0 Å². The summed E-state index contributed by atoms with van der Waals surface area (Å²) in [5, 5.41) is 3.52. The lowest BCUT2D eigenvalue weighted by molar-refractivity contribution is -0.0973. The molecule has 1 aromatic heterocycles. The maximum atomic E-state index is 5.32. The number of halogens is 2. The van der Waals surface area contributed by atoms with Crippen LogP contribution in [0.25, 0.3) is 0 Å². The van der Waals surface area contributed by atoms with Crippen LogP contribution < -0.4 is 5.32 Å². The number of piperazine rings is 1. The Bertz CT molecular complexity index is 556. The number of nitrogens with one attached hydrogen (secondary N) is 1. The standard InChI is InChI=1S/C16H25BrN4OS.HI/c1-16(11-22-12-16)10-19-15(18-2)21-7-5-20(6-8-21)9-13-3-4-14(17)23-13;/h3-4H,5-12H2,1-2H3,(H,18,19);1H. The molecule has 2 aliphatic heterocycles. The Kier molecular flexibility index (Phi) is 7.79. The maximum Gasteiger partial charge on any atom is 0.193 e. The van der Waals surface area contributed by atoms with Crippen LogP contribution in [0, 0.1) is 5.41 Å². The van der Waals surface area contributed by atoms with Crippen LogP contribution in [0.15, 0.2) is 20.9 Å². The number of hydrogen-bond donors (Lipinski definition) is 1. The molecule has 0 atom stereocenters. The lowest BCUT2D eigenvalue weighted by Crippen LogP contribution is -2.55. The molecule has 2 saturated heterocycles. The molecule has 0 bridgehead atoms. The third-order valence-electron chi connectivity index (χ3n) is 4.47. The van der Waals surface area contributed by atoms with Gasteiger partial charge in [0.25, 0.3) is 0 Å². The van der Waals surface area contributed by atoms with Gasteiger partial charge in [0, 0.05) is 56.6 Å². The highest BCUT2D eigenvalue weighted by Crippen LogP contribution is 2.25. The van der Waals surface area contributed by atoms with Gasteiger partial charge in [-0.15, -0.1) is 35.3 Å². The molecule has 0 aromatic carbocycles. The average Bonchev–Trinajstić information content (AvgIpc) is 2.92. The molecule has 0 radical (unpaired) electrons. The molecule has 0 spiro atoms. The van der Waals surface area contributed by atoms with Crippen molar-refractivity contribution in [2.45, 2.75) is 13.5 Å². The number of guanidine groups is 1. The molecule has 0 amide bonds. The van der Waals surface area contributed by atoms with Crippen molar-refractivity contribution in [2.75, 3.05) is 53.0 Å². The zero-order chi connectivity index (χ0) is 16.3. The third kappa shape index (κ3) is 5.30. The zero-order valence-corrected chi connectivity index (χ0v) is 19.0. The van der Waals surface area contributed by atoms with Gasteiger partial charge in [-0.25, -0.2) is 0 Å². The number of ether oxygens (including phenoxy) is 1. The van der Waals surface area contributed by atoms with Crippen molar-refractivity contribution in [1.82, 2.24) is 15.1 Å². The highest BCUT2D eigenvalue weighted by molar-refractivity contribution is 14.0. The molecule has 2 fully saturated rings. The molecule has 1 N–H and O–H groups in total. The molecule has 0 saturated carbocycles. The fourth-order valence-corrected chi connectivity index (χ4v) is 4.48. The van der Waals surface area contributed by atoms with Gasteiger partial charge in [0.1, 0.15) is 0 Å². The van der Waals surface area contributed by atoms with E-state index >= 15 is 0 Å². The number of nitrogens with zero attached hydrogens (tertiary/aromatic N) is 3. The van der Waals surface area contributed by atoms with E-state index in [4.69, 9.17) is 4.74 Å². The first-order chi connectivity index (χ1) is 11.1. The van der Waals surface area contributed by atoms with Gasteiger partial charge in [-0.3, -0.25) is 9.89 Å². The number of rotatable bonds is 4. The minimum Gasteiger partial charge on any atom is -0.380 e. The SMILES string of the molecule is CN=C(NCC1(C)COC1)N1CCN(Cc2ccc(Br)s2)CC1.I. The predicted octanol–water partition coefficient (Wildman–Crippen LogP) is 2.86. The normalized spacial score (nSPS) is 21.1. The first-order valence-corrected chi connectivity index (χ1v) is 9.69. The van der Waals surface area contributed by atoms with Gasteiger partial charge < -0.3 is 15.0 Å². The molecule has 3 rings (SSSR count). The molecule has 3 heterocycles. The van der Waals surface area contributed by atoms with Crippen LogP contribution in [-0.2, 0) is 11.3 Å². The number of aliphatic imine (C=N–C) groups is 1. The van der Waals surface area contributed by atoms with Gasteiger partial charge in [0.05, 0.1) is 17.0 Å². The minimum absolute atomic E-state index is 0. The van der Waals surface area contributed by atoms with Crippen LogP contribution in [0.1, 0.15) is 11.8 Å². The van der Waals surface area contributed by atoms with E-state index in [0.717, 1.165) is 58.4 Å². The van der Waals surface area contributed by atoms with Crippen molar-refractivity contribution in [3.8, 4) is 0 Å². The molecule has 0 unspecified atom stereocenters. The molecule has 5 nitrogen and oxygen atoms in total. The second-order valence-corrected chi connectivity index (χ2v) is 9.22. The Balaban J connectivity index is 0.00000208. The summed E-state index contributed by atoms with van der Waals surface area (Å²) in [5.74, 6) is 1.02. The zero-order valence-electron chi connectivity index (χ0n) is 14.3. The second-order valence-electron chi connectivity index (χ2n) is 6.67. The Morgan fingerprint density at radius 1 is 1.33 bits per heavy atom. The van der Waals surface area contributed by atoms with E-state index in [1.807, 2.05) is 18.4 Å². The molecule has 0 aliphatic carbocycles. The van der Waals surface area contributed by atoms with E-state index in [-0.39, 0.29) is 29.4 Å². The van der Waals surface area contributed by atoms with Crippen LogP contribution in [-0.4, -0.2) is 68.7 Å². The largest absolute Gasteiger partial charge is 0.380 e. The Hall–Kier alpha value is 0.1000. The van der Waals surface area contributed by atoms with Crippen molar-refractivity contribution < 1.29 is 4.74 Å². The van der Waals surface area contributed by atoms with Gasteiger partial charge in [0.2, 0.25) is 0 Å². The lowest BCUT2D eigenvalue weighted by Gasteiger charge is -2.40. The van der Waals surface area contributed by atoms with E-state index in [0.29, 0.717) is 0 Å². The lowest BCUT2D eigenvalue weighted by atomic mass is 9.89. The van der Waals surface area contributed by atoms with E-state index in [2.05, 4.69) is 55.1 Å². The fraction of sp³-hybridized carbons (Fsp3) is 0.688. The molecule has 8 heteroatoms.